The van der Waals surface area contributed by atoms with Crippen LogP contribution in [0.15, 0.2) is 18.2 Å². The number of hydrogen-bond acceptors (Lipinski definition) is 3. The van der Waals surface area contributed by atoms with E-state index in [2.05, 4.69) is 12.2 Å². The summed E-state index contributed by atoms with van der Waals surface area (Å²) in [6, 6.07) is 4.97. The zero-order valence-corrected chi connectivity index (χ0v) is 13.0. The van der Waals surface area contributed by atoms with Gasteiger partial charge in [-0.15, -0.1) is 0 Å². The highest BCUT2D eigenvalue weighted by Gasteiger charge is 2.11. The summed E-state index contributed by atoms with van der Waals surface area (Å²) in [4.78, 5) is 11.1. The third-order valence-corrected chi connectivity index (χ3v) is 3.66. The number of nitrogen functional groups attached to an aromatic ring is 1. The van der Waals surface area contributed by atoms with Gasteiger partial charge in [0.2, 0.25) is 0 Å². The Morgan fingerprint density at radius 2 is 1.71 bits per heavy atom. The predicted molar refractivity (Wildman–Crippen MR) is 88.9 cm³/mol. The smallest absolute Gasteiger partial charge is 0.337 e. The number of carbonyl (C=O) groups is 1. The van der Waals surface area contributed by atoms with E-state index in [9.17, 15) is 4.79 Å². The lowest BCUT2D eigenvalue weighted by Gasteiger charge is -2.12. The molecule has 0 heterocycles. The average Bonchev–Trinajstić information content (AvgIpc) is 2.46. The Hall–Kier alpha value is -1.71. The standard InChI is InChI=1S/C17H28N2O2/c1-2-3-4-5-6-7-8-9-13-19-16-14(17(20)21)11-10-12-15(16)18/h10-12,19H,2-9,13,18H2,1H3,(H,20,21). The molecule has 0 aliphatic heterocycles. The molecule has 0 fully saturated rings. The van der Waals surface area contributed by atoms with Crippen molar-refractivity contribution >= 4 is 17.3 Å². The molecular formula is C17H28N2O2. The highest BCUT2D eigenvalue weighted by Crippen LogP contribution is 2.23. The first kappa shape index (κ1) is 17.3. The molecule has 1 aromatic carbocycles. The molecule has 118 valence electrons. The second-order valence-corrected chi connectivity index (χ2v) is 5.48. The van der Waals surface area contributed by atoms with Crippen LogP contribution >= 0.6 is 0 Å². The third-order valence-electron chi connectivity index (χ3n) is 3.66. The van der Waals surface area contributed by atoms with Gasteiger partial charge in [0.05, 0.1) is 16.9 Å². The van der Waals surface area contributed by atoms with Crippen LogP contribution in [0.1, 0.15) is 68.6 Å². The molecule has 0 aromatic heterocycles. The van der Waals surface area contributed by atoms with Gasteiger partial charge in [-0.3, -0.25) is 0 Å². The number of benzene rings is 1. The zero-order chi connectivity index (χ0) is 15.5. The quantitative estimate of drug-likeness (QED) is 0.414. The van der Waals surface area contributed by atoms with Crippen molar-refractivity contribution in [3.8, 4) is 0 Å². The van der Waals surface area contributed by atoms with Crippen molar-refractivity contribution in [1.82, 2.24) is 0 Å². The van der Waals surface area contributed by atoms with Crippen molar-refractivity contribution < 1.29 is 9.90 Å². The predicted octanol–water partition coefficient (Wildman–Crippen LogP) is 4.52. The van der Waals surface area contributed by atoms with Crippen LogP contribution in [0.25, 0.3) is 0 Å². The topological polar surface area (TPSA) is 75.3 Å². The van der Waals surface area contributed by atoms with Crippen molar-refractivity contribution in [1.29, 1.82) is 0 Å². The molecule has 0 spiro atoms. The zero-order valence-electron chi connectivity index (χ0n) is 13.0. The molecule has 0 aliphatic rings. The van der Waals surface area contributed by atoms with Crippen LogP contribution < -0.4 is 11.1 Å². The Balaban J connectivity index is 2.23. The molecule has 0 amide bonds. The van der Waals surface area contributed by atoms with Gasteiger partial charge in [0.25, 0.3) is 0 Å². The lowest BCUT2D eigenvalue weighted by molar-refractivity contribution is 0.0698. The maximum atomic E-state index is 11.1. The van der Waals surface area contributed by atoms with Crippen LogP contribution in [-0.2, 0) is 0 Å². The summed E-state index contributed by atoms with van der Waals surface area (Å²) in [5, 5.41) is 12.3. The maximum Gasteiger partial charge on any atom is 0.337 e. The monoisotopic (exact) mass is 292 g/mol. The molecule has 4 nitrogen and oxygen atoms in total. The average molecular weight is 292 g/mol. The molecule has 0 radical (unpaired) electrons. The molecule has 4 N–H and O–H groups in total. The van der Waals surface area contributed by atoms with E-state index in [0.29, 0.717) is 11.4 Å². The summed E-state index contributed by atoms with van der Waals surface area (Å²) in [6.07, 6.45) is 10.1. The lowest BCUT2D eigenvalue weighted by Crippen LogP contribution is -2.10. The van der Waals surface area contributed by atoms with Gasteiger partial charge in [0, 0.05) is 6.54 Å². The first-order valence-corrected chi connectivity index (χ1v) is 8.02. The van der Waals surface area contributed by atoms with Crippen molar-refractivity contribution in [3.63, 3.8) is 0 Å². The van der Waals surface area contributed by atoms with Gasteiger partial charge in [-0.1, -0.05) is 57.9 Å². The molecule has 0 saturated heterocycles. The number of carboxylic acids is 1. The molecule has 1 aromatic rings. The van der Waals surface area contributed by atoms with Crippen LogP contribution in [-0.4, -0.2) is 17.6 Å². The first-order valence-electron chi connectivity index (χ1n) is 8.02. The summed E-state index contributed by atoms with van der Waals surface area (Å²) in [7, 11) is 0. The number of rotatable bonds is 11. The summed E-state index contributed by atoms with van der Waals surface area (Å²) in [5.41, 5.74) is 7.13. The Morgan fingerprint density at radius 1 is 1.10 bits per heavy atom. The van der Waals surface area contributed by atoms with E-state index in [1.54, 1.807) is 18.2 Å². The SMILES string of the molecule is CCCCCCCCCCNc1c(N)cccc1C(=O)O. The normalized spacial score (nSPS) is 10.5. The number of nitrogens with two attached hydrogens (primary N) is 1. The molecule has 0 saturated carbocycles. The second-order valence-electron chi connectivity index (χ2n) is 5.48. The lowest BCUT2D eigenvalue weighted by atomic mass is 10.1. The molecule has 0 bridgehead atoms. The van der Waals surface area contributed by atoms with E-state index in [-0.39, 0.29) is 5.56 Å². The minimum atomic E-state index is -0.944. The number of hydrogen-bond donors (Lipinski definition) is 3. The number of nitrogens with one attached hydrogen (secondary N) is 1. The van der Waals surface area contributed by atoms with Crippen LogP contribution in [0, 0.1) is 0 Å². The minimum Gasteiger partial charge on any atom is -0.478 e. The highest BCUT2D eigenvalue weighted by molar-refractivity contribution is 5.97. The van der Waals surface area contributed by atoms with E-state index >= 15 is 0 Å². The largest absolute Gasteiger partial charge is 0.478 e. The second kappa shape index (κ2) is 10.1. The fourth-order valence-electron chi connectivity index (χ4n) is 2.42. The first-order chi connectivity index (χ1) is 10.2. The van der Waals surface area contributed by atoms with Crippen molar-refractivity contribution in [2.75, 3.05) is 17.6 Å². The summed E-state index contributed by atoms with van der Waals surface area (Å²) >= 11 is 0. The molecule has 0 aliphatic carbocycles. The Kier molecular flexibility index (Phi) is 8.32. The third kappa shape index (κ3) is 6.52. The molecule has 4 heteroatoms. The van der Waals surface area contributed by atoms with Gasteiger partial charge in [-0.05, 0) is 18.6 Å². The van der Waals surface area contributed by atoms with Gasteiger partial charge >= 0.3 is 5.97 Å². The van der Waals surface area contributed by atoms with E-state index in [0.717, 1.165) is 13.0 Å². The number of unbranched alkanes of at least 4 members (excludes halogenated alkanes) is 7. The van der Waals surface area contributed by atoms with Crippen LogP contribution in [0.4, 0.5) is 11.4 Å². The van der Waals surface area contributed by atoms with Gasteiger partial charge in [-0.2, -0.15) is 0 Å². The fourth-order valence-corrected chi connectivity index (χ4v) is 2.42. The summed E-state index contributed by atoms with van der Waals surface area (Å²) in [5.74, 6) is -0.944. The number of carboxylic acid groups (broad SMARTS) is 1. The van der Waals surface area contributed by atoms with Crippen LogP contribution in [0.2, 0.25) is 0 Å². The fraction of sp³-hybridized carbons (Fsp3) is 0.588. The van der Waals surface area contributed by atoms with Crippen molar-refractivity contribution in [3.05, 3.63) is 23.8 Å². The molecule has 21 heavy (non-hydrogen) atoms. The van der Waals surface area contributed by atoms with Crippen molar-refractivity contribution in [2.24, 2.45) is 0 Å². The molecule has 0 unspecified atom stereocenters. The van der Waals surface area contributed by atoms with Crippen molar-refractivity contribution in [2.45, 2.75) is 58.3 Å². The van der Waals surface area contributed by atoms with E-state index < -0.39 is 5.97 Å². The van der Waals surface area contributed by atoms with E-state index in [1.807, 2.05) is 0 Å². The van der Waals surface area contributed by atoms with Crippen LogP contribution in [0.5, 0.6) is 0 Å². The highest BCUT2D eigenvalue weighted by atomic mass is 16.4. The molecular weight excluding hydrogens is 264 g/mol. The Labute approximate surface area is 127 Å². The van der Waals surface area contributed by atoms with Gasteiger partial charge in [0.1, 0.15) is 0 Å². The Bertz CT molecular complexity index is 433. The van der Waals surface area contributed by atoms with E-state index in [1.165, 1.54) is 44.9 Å². The molecule has 1 rings (SSSR count). The van der Waals surface area contributed by atoms with Crippen LogP contribution in [0.3, 0.4) is 0 Å². The van der Waals surface area contributed by atoms with Gasteiger partial charge < -0.3 is 16.2 Å². The minimum absolute atomic E-state index is 0.245. The number of aromatic carboxylic acids is 1. The summed E-state index contributed by atoms with van der Waals surface area (Å²) < 4.78 is 0. The van der Waals surface area contributed by atoms with E-state index in [4.69, 9.17) is 10.8 Å². The van der Waals surface area contributed by atoms with Gasteiger partial charge in [0.15, 0.2) is 0 Å². The van der Waals surface area contributed by atoms with Gasteiger partial charge in [-0.25, -0.2) is 4.79 Å². The molecule has 0 atom stereocenters. The number of para-hydroxylation sites is 1. The number of anilines is 2. The maximum absolute atomic E-state index is 11.1. The summed E-state index contributed by atoms with van der Waals surface area (Å²) in [6.45, 7) is 3.00. The Morgan fingerprint density at radius 3 is 2.33 bits per heavy atom.